The molecule has 0 spiro atoms. The van der Waals surface area contributed by atoms with Crippen LogP contribution in [0.15, 0.2) is 96.5 Å². The lowest BCUT2D eigenvalue weighted by atomic mass is 9.18. The van der Waals surface area contributed by atoms with Crippen LogP contribution in [-0.4, -0.2) is 82.9 Å². The molecule has 4 aliphatic carbocycles. The Balaban J connectivity index is 0.965. The van der Waals surface area contributed by atoms with Crippen molar-refractivity contribution in [3.63, 3.8) is 0 Å². The zero-order valence-electron chi connectivity index (χ0n) is 34.4. The molecule has 58 heavy (non-hydrogen) atoms. The van der Waals surface area contributed by atoms with Gasteiger partial charge in [0.15, 0.2) is 6.71 Å². The number of anilines is 1. The monoisotopic (exact) mass is 771 g/mol. The summed E-state index contributed by atoms with van der Waals surface area (Å²) in [6.07, 6.45) is 20.1. The smallest absolute Gasteiger partial charge is 0.158 e. The topological polar surface area (TPSA) is 46.7 Å². The van der Waals surface area contributed by atoms with Gasteiger partial charge in [-0.05, 0) is 135 Å². The minimum Gasteiger partial charge on any atom is -0.352 e. The third-order valence-electron chi connectivity index (χ3n) is 19.5. The summed E-state index contributed by atoms with van der Waals surface area (Å²) in [5, 5.41) is 8.63. The van der Waals surface area contributed by atoms with Crippen LogP contribution in [0.4, 0.5) is 5.69 Å². The summed E-state index contributed by atoms with van der Waals surface area (Å²) in [7, 11) is 0. The van der Waals surface area contributed by atoms with Gasteiger partial charge in [0.05, 0.1) is 12.1 Å². The molecule has 17 atom stereocenters. The van der Waals surface area contributed by atoms with E-state index in [0.29, 0.717) is 66.1 Å². The van der Waals surface area contributed by atoms with E-state index in [2.05, 4.69) is 110 Å². The Labute approximate surface area is 347 Å². The summed E-state index contributed by atoms with van der Waals surface area (Å²) >= 11 is 0. The second-order valence-electron chi connectivity index (χ2n) is 21.3. The van der Waals surface area contributed by atoms with Crippen molar-refractivity contribution in [2.24, 2.45) is 23.7 Å². The predicted octanol–water partition coefficient (Wildman–Crippen LogP) is 8.69. The van der Waals surface area contributed by atoms with E-state index in [0.717, 1.165) is 41.9 Å². The molecule has 2 N–H and O–H groups in total. The molecule has 17 unspecified atom stereocenters. The van der Waals surface area contributed by atoms with Gasteiger partial charge >= 0.3 is 0 Å². The molecular weight excluding hydrogens is 707 g/mol. The van der Waals surface area contributed by atoms with Crippen molar-refractivity contribution in [3.05, 3.63) is 108 Å². The van der Waals surface area contributed by atoms with Gasteiger partial charge in [-0.3, -0.25) is 9.88 Å². The Morgan fingerprint density at radius 1 is 0.638 bits per heavy atom. The summed E-state index contributed by atoms with van der Waals surface area (Å²) in [6, 6.07) is 35.4. The number of aromatic nitrogens is 1. The van der Waals surface area contributed by atoms with Crippen LogP contribution in [-0.2, 0) is 0 Å². The fourth-order valence-electron chi connectivity index (χ4n) is 18.2. The Morgan fingerprint density at radius 2 is 1.47 bits per heavy atom. The summed E-state index contributed by atoms with van der Waals surface area (Å²) in [6.45, 7) is 3.24. The molecule has 8 heterocycles. The molecule has 3 aromatic rings. The minimum atomic E-state index is 0.495. The van der Waals surface area contributed by atoms with Crippen molar-refractivity contribution in [1.82, 2.24) is 25.4 Å². The highest BCUT2D eigenvalue weighted by molar-refractivity contribution is 6.65. The van der Waals surface area contributed by atoms with Gasteiger partial charge in [0.25, 0.3) is 0 Å². The van der Waals surface area contributed by atoms with E-state index in [4.69, 9.17) is 4.98 Å². The normalized spacial score (nSPS) is 45.7. The minimum absolute atomic E-state index is 0.495. The van der Waals surface area contributed by atoms with Crippen LogP contribution in [0.3, 0.4) is 0 Å². The maximum absolute atomic E-state index is 5.24. The lowest BCUT2D eigenvalue weighted by molar-refractivity contribution is -0.0261. The second kappa shape index (κ2) is 13.2. The van der Waals surface area contributed by atoms with Crippen LogP contribution in [0.25, 0.3) is 0 Å². The summed E-state index contributed by atoms with van der Waals surface area (Å²) < 4.78 is 0. The molecule has 300 valence electrons. The number of hydrogen-bond donors (Lipinski definition) is 2. The van der Waals surface area contributed by atoms with E-state index in [1.54, 1.807) is 11.4 Å². The van der Waals surface area contributed by atoms with Gasteiger partial charge in [-0.25, -0.2) is 0 Å². The molecule has 4 saturated carbocycles. The van der Waals surface area contributed by atoms with Crippen molar-refractivity contribution in [2.45, 2.75) is 161 Å². The largest absolute Gasteiger partial charge is 0.352 e. The number of piperidine rings is 2. The van der Waals surface area contributed by atoms with Crippen LogP contribution < -0.4 is 15.5 Å². The first kappa shape index (κ1) is 34.6. The Bertz CT molecular complexity index is 2060. The molecular formula is C51H63BN6. The number of hydrogen-bond acceptors (Lipinski definition) is 6. The first-order valence-corrected chi connectivity index (χ1v) is 24.4. The number of rotatable bonds is 3. The molecule has 7 heteroatoms. The molecule has 9 fully saturated rings. The SMILES string of the molecule is c1ccc(C2CC3CCCCC3C3C4NCCC5B6C7CCCC8C9=C(N(c%10ccccc%10)C%10CCCNC9%10)N(C9CC(c%10ccccn%10)CC(C69)N(C54)C23)C78)cc1. The fraction of sp³-hybridized carbons (Fsp3) is 0.627. The van der Waals surface area contributed by atoms with Crippen molar-refractivity contribution in [1.29, 1.82) is 0 Å². The van der Waals surface area contributed by atoms with Gasteiger partial charge in [-0.15, -0.1) is 0 Å². The van der Waals surface area contributed by atoms with Crippen LogP contribution in [0.5, 0.6) is 0 Å². The second-order valence-corrected chi connectivity index (χ2v) is 21.3. The van der Waals surface area contributed by atoms with Gasteiger partial charge in [0.2, 0.25) is 0 Å². The molecule has 2 aromatic carbocycles. The summed E-state index contributed by atoms with van der Waals surface area (Å²) in [5.41, 5.74) is 6.27. The summed E-state index contributed by atoms with van der Waals surface area (Å²) in [5.74, 6) is 8.40. The van der Waals surface area contributed by atoms with Crippen molar-refractivity contribution in [2.75, 3.05) is 18.0 Å². The van der Waals surface area contributed by atoms with E-state index in [-0.39, 0.29) is 0 Å². The number of nitrogens with zero attached hydrogens (tertiary/aromatic N) is 4. The summed E-state index contributed by atoms with van der Waals surface area (Å²) in [4.78, 5) is 14.8. The highest BCUT2D eigenvalue weighted by Crippen LogP contribution is 2.70. The number of pyridine rings is 1. The van der Waals surface area contributed by atoms with Gasteiger partial charge in [-0.2, -0.15) is 0 Å². The number of nitrogens with one attached hydrogen (secondary N) is 2. The lowest BCUT2D eigenvalue weighted by Crippen LogP contribution is -2.74. The third kappa shape index (κ3) is 4.65. The maximum atomic E-state index is 5.24. The zero-order chi connectivity index (χ0) is 37.6. The van der Waals surface area contributed by atoms with Gasteiger partial charge in [0, 0.05) is 71.6 Å². The molecule has 0 amide bonds. The lowest BCUT2D eigenvalue weighted by Gasteiger charge is -2.68. The Hall–Kier alpha value is -3.13. The van der Waals surface area contributed by atoms with E-state index >= 15 is 0 Å². The molecule has 1 aromatic heterocycles. The maximum Gasteiger partial charge on any atom is 0.158 e. The van der Waals surface area contributed by atoms with E-state index < -0.39 is 0 Å². The standard InChI is InChI=1S/C51H63BN6/c1-3-13-30(14-4-1)36-27-31-15-7-8-18-34(31)43-47-50-38(23-26-55-47)52-37-20-11-19-35-44-46-40(22-12-25-54-46)56(33-16-5-2-6-17-33)51(44)58(48(35)37)42-29-32(39-21-9-10-24-53-39)28-41(45(42)52)57(50)49(36)43/h1-6,9-10,13-14,16-17,21,24,31-32,34-38,40-43,45-50,54-55H,7-8,11-12,15,18-20,22-23,25-29H2. The Morgan fingerprint density at radius 3 is 2.34 bits per heavy atom. The van der Waals surface area contributed by atoms with Crippen molar-refractivity contribution in [3.8, 4) is 0 Å². The molecule has 14 rings (SSSR count). The average molecular weight is 771 g/mol. The highest BCUT2D eigenvalue weighted by Gasteiger charge is 2.73. The first-order chi connectivity index (χ1) is 28.8. The molecule has 0 radical (unpaired) electrons. The number of benzene rings is 2. The van der Waals surface area contributed by atoms with Crippen LogP contribution in [0, 0.1) is 23.7 Å². The first-order valence-electron chi connectivity index (χ1n) is 24.4. The predicted molar refractivity (Wildman–Crippen MR) is 233 cm³/mol. The molecule has 0 bridgehead atoms. The van der Waals surface area contributed by atoms with Crippen LogP contribution in [0.1, 0.15) is 107 Å². The molecule has 6 nitrogen and oxygen atoms in total. The van der Waals surface area contributed by atoms with Crippen molar-refractivity contribution >= 4 is 12.4 Å². The van der Waals surface area contributed by atoms with Gasteiger partial charge < -0.3 is 20.4 Å². The fourth-order valence-corrected chi connectivity index (χ4v) is 18.2. The van der Waals surface area contributed by atoms with Crippen LogP contribution >= 0.6 is 0 Å². The van der Waals surface area contributed by atoms with Gasteiger partial charge in [-0.1, -0.05) is 86.7 Å². The van der Waals surface area contributed by atoms with Crippen LogP contribution in [0.2, 0.25) is 17.5 Å². The Kier molecular flexibility index (Phi) is 7.86. The molecule has 7 aliphatic heterocycles. The third-order valence-corrected chi connectivity index (χ3v) is 19.5. The molecule has 11 aliphatic rings. The quantitative estimate of drug-likeness (QED) is 0.260. The molecule has 5 saturated heterocycles. The van der Waals surface area contributed by atoms with E-state index in [1.165, 1.54) is 108 Å². The van der Waals surface area contributed by atoms with Crippen molar-refractivity contribution < 1.29 is 0 Å². The van der Waals surface area contributed by atoms with E-state index in [9.17, 15) is 0 Å². The number of fused-ring (bicyclic) bond motifs is 13. The number of para-hydroxylation sites is 1. The highest BCUT2D eigenvalue weighted by atomic mass is 15.4. The zero-order valence-corrected chi connectivity index (χ0v) is 34.4. The van der Waals surface area contributed by atoms with Gasteiger partial charge in [0.1, 0.15) is 5.82 Å². The average Bonchev–Trinajstić information content (AvgIpc) is 3.94. The van der Waals surface area contributed by atoms with E-state index in [1.807, 2.05) is 5.57 Å².